The Morgan fingerprint density at radius 2 is 1.71 bits per heavy atom. The number of amides is 1. The third-order valence-corrected chi connectivity index (χ3v) is 6.05. The van der Waals surface area contributed by atoms with Gasteiger partial charge in [-0.3, -0.25) is 4.79 Å². The van der Waals surface area contributed by atoms with Crippen LogP contribution in [-0.2, 0) is 9.47 Å². The Balaban J connectivity index is 1.73. The Hall–Kier alpha value is -2.66. The number of benzene rings is 2. The molecule has 0 aromatic heterocycles. The highest BCUT2D eigenvalue weighted by molar-refractivity contribution is 6.06. The van der Waals surface area contributed by atoms with Gasteiger partial charge in [-0.15, -0.1) is 0 Å². The van der Waals surface area contributed by atoms with Crippen LogP contribution in [0.1, 0.15) is 50.2 Å². The summed E-state index contributed by atoms with van der Waals surface area (Å²) in [6.45, 7) is 8.20. The fraction of sp³-hybridized carbons (Fsp3) is 0.391. The van der Waals surface area contributed by atoms with Crippen molar-refractivity contribution in [3.8, 4) is 0 Å². The fourth-order valence-electron chi connectivity index (χ4n) is 4.13. The summed E-state index contributed by atoms with van der Waals surface area (Å²) in [5, 5.41) is 0. The van der Waals surface area contributed by atoms with E-state index in [9.17, 15) is 9.59 Å². The maximum atomic E-state index is 13.3. The van der Waals surface area contributed by atoms with Crippen molar-refractivity contribution < 1.29 is 19.1 Å². The number of aryl methyl sites for hydroxylation is 1. The Morgan fingerprint density at radius 3 is 2.46 bits per heavy atom. The molecule has 5 heteroatoms. The molecule has 5 nitrogen and oxygen atoms in total. The van der Waals surface area contributed by atoms with Gasteiger partial charge in [0.25, 0.3) is 0 Å². The number of ether oxygens (including phenoxy) is 2. The molecule has 1 aliphatic carbocycles. The molecule has 2 atom stereocenters. The molecular weight excluding hydrogens is 354 g/mol. The first-order chi connectivity index (χ1) is 13.5. The Kier molecular flexibility index (Phi) is 4.94. The predicted molar refractivity (Wildman–Crippen MR) is 106 cm³/mol. The van der Waals surface area contributed by atoms with Gasteiger partial charge in [-0.1, -0.05) is 36.4 Å². The minimum Gasteiger partial charge on any atom is -0.440 e. The minimum absolute atomic E-state index is 0.0155. The van der Waals surface area contributed by atoms with E-state index >= 15 is 0 Å². The van der Waals surface area contributed by atoms with E-state index in [1.54, 1.807) is 4.90 Å². The highest BCUT2D eigenvalue weighted by atomic mass is 16.6. The SMILES string of the molecule is Cc1ccc(C2C(=O)c3ccccc3C2OC(=O)N2CCOCC2)c(C)c1C. The number of ketones is 1. The number of fused-ring (bicyclic) bond motifs is 1. The first kappa shape index (κ1) is 18.7. The van der Waals surface area contributed by atoms with Crippen LogP contribution in [0.2, 0.25) is 0 Å². The lowest BCUT2D eigenvalue weighted by Gasteiger charge is -2.29. The molecule has 2 unspecified atom stereocenters. The lowest BCUT2D eigenvalue weighted by atomic mass is 9.86. The molecule has 2 aromatic rings. The van der Waals surface area contributed by atoms with E-state index in [4.69, 9.17) is 9.47 Å². The van der Waals surface area contributed by atoms with Gasteiger partial charge in [-0.25, -0.2) is 4.79 Å². The van der Waals surface area contributed by atoms with Gasteiger partial charge in [0.1, 0.15) is 6.10 Å². The molecule has 0 saturated carbocycles. The van der Waals surface area contributed by atoms with Crippen LogP contribution in [-0.4, -0.2) is 43.1 Å². The van der Waals surface area contributed by atoms with Gasteiger partial charge in [0, 0.05) is 24.2 Å². The average molecular weight is 379 g/mol. The first-order valence-corrected chi connectivity index (χ1v) is 9.72. The number of morpholine rings is 1. The quantitative estimate of drug-likeness (QED) is 0.788. The molecule has 2 aromatic carbocycles. The molecule has 146 valence electrons. The van der Waals surface area contributed by atoms with Crippen LogP contribution < -0.4 is 0 Å². The van der Waals surface area contributed by atoms with E-state index in [0.29, 0.717) is 31.9 Å². The van der Waals surface area contributed by atoms with Crippen LogP contribution in [0.4, 0.5) is 4.79 Å². The van der Waals surface area contributed by atoms with E-state index in [1.807, 2.05) is 43.3 Å². The third-order valence-electron chi connectivity index (χ3n) is 6.05. The molecule has 4 rings (SSSR count). The monoisotopic (exact) mass is 379 g/mol. The molecule has 1 fully saturated rings. The summed E-state index contributed by atoms with van der Waals surface area (Å²) < 4.78 is 11.3. The number of Topliss-reactive ketones (excluding diaryl/α,β-unsaturated/α-hetero) is 1. The second kappa shape index (κ2) is 7.40. The summed E-state index contributed by atoms with van der Waals surface area (Å²) >= 11 is 0. The van der Waals surface area contributed by atoms with E-state index < -0.39 is 12.0 Å². The molecular formula is C23H25NO4. The Bertz CT molecular complexity index is 930. The van der Waals surface area contributed by atoms with Gasteiger partial charge in [-0.05, 0) is 43.0 Å². The van der Waals surface area contributed by atoms with Crippen molar-refractivity contribution in [3.05, 3.63) is 69.8 Å². The number of hydrogen-bond acceptors (Lipinski definition) is 4. The summed E-state index contributed by atoms with van der Waals surface area (Å²) in [6, 6.07) is 11.5. The summed E-state index contributed by atoms with van der Waals surface area (Å²) in [5.74, 6) is -0.497. The smallest absolute Gasteiger partial charge is 0.410 e. The second-order valence-electron chi connectivity index (χ2n) is 7.55. The van der Waals surface area contributed by atoms with Gasteiger partial charge in [0.2, 0.25) is 0 Å². The van der Waals surface area contributed by atoms with Gasteiger partial charge in [-0.2, -0.15) is 0 Å². The lowest BCUT2D eigenvalue weighted by molar-refractivity contribution is 0.00945. The molecule has 2 aliphatic rings. The summed E-state index contributed by atoms with van der Waals surface area (Å²) in [5.41, 5.74) is 5.80. The van der Waals surface area contributed by atoms with Gasteiger partial charge >= 0.3 is 6.09 Å². The average Bonchev–Trinajstić information content (AvgIpc) is 2.99. The highest BCUT2D eigenvalue weighted by Crippen LogP contribution is 2.46. The number of rotatable bonds is 2. The van der Waals surface area contributed by atoms with E-state index in [1.165, 1.54) is 11.1 Å². The fourth-order valence-corrected chi connectivity index (χ4v) is 4.13. The van der Waals surface area contributed by atoms with Crippen molar-refractivity contribution in [1.82, 2.24) is 4.90 Å². The molecule has 0 bridgehead atoms. The topological polar surface area (TPSA) is 55.8 Å². The Labute approximate surface area is 165 Å². The highest BCUT2D eigenvalue weighted by Gasteiger charge is 2.44. The van der Waals surface area contributed by atoms with Crippen molar-refractivity contribution in [2.45, 2.75) is 32.8 Å². The van der Waals surface area contributed by atoms with Crippen LogP contribution in [0.25, 0.3) is 0 Å². The van der Waals surface area contributed by atoms with Gasteiger partial charge in [0.05, 0.1) is 19.1 Å². The van der Waals surface area contributed by atoms with Gasteiger partial charge in [0.15, 0.2) is 5.78 Å². The Morgan fingerprint density at radius 1 is 1.00 bits per heavy atom. The van der Waals surface area contributed by atoms with Crippen LogP contribution in [0.15, 0.2) is 36.4 Å². The molecule has 1 saturated heterocycles. The normalized spacial score (nSPS) is 21.5. The number of carbonyl (C=O) groups is 2. The maximum Gasteiger partial charge on any atom is 0.410 e. The summed E-state index contributed by atoms with van der Waals surface area (Å²) in [7, 11) is 0. The van der Waals surface area contributed by atoms with Crippen molar-refractivity contribution in [3.63, 3.8) is 0 Å². The van der Waals surface area contributed by atoms with E-state index in [-0.39, 0.29) is 11.9 Å². The maximum absolute atomic E-state index is 13.3. The van der Waals surface area contributed by atoms with Crippen LogP contribution in [0.3, 0.4) is 0 Å². The molecule has 0 spiro atoms. The third kappa shape index (κ3) is 3.10. The van der Waals surface area contributed by atoms with Crippen LogP contribution >= 0.6 is 0 Å². The summed E-state index contributed by atoms with van der Waals surface area (Å²) in [4.78, 5) is 27.7. The largest absolute Gasteiger partial charge is 0.440 e. The molecule has 28 heavy (non-hydrogen) atoms. The zero-order valence-electron chi connectivity index (χ0n) is 16.5. The molecule has 0 radical (unpaired) electrons. The number of carbonyl (C=O) groups excluding carboxylic acids is 2. The molecule has 1 heterocycles. The van der Waals surface area contributed by atoms with Crippen molar-refractivity contribution in [1.29, 1.82) is 0 Å². The first-order valence-electron chi connectivity index (χ1n) is 9.72. The van der Waals surface area contributed by atoms with Crippen LogP contribution in [0, 0.1) is 20.8 Å². The van der Waals surface area contributed by atoms with E-state index in [2.05, 4.69) is 13.8 Å². The zero-order chi connectivity index (χ0) is 19.8. The standard InChI is InChI=1S/C23H25NO4/c1-14-8-9-17(16(3)15(14)2)20-21(25)18-6-4-5-7-19(18)22(20)28-23(26)24-10-12-27-13-11-24/h4-9,20,22H,10-13H2,1-3H3. The molecule has 1 aliphatic heterocycles. The van der Waals surface area contributed by atoms with E-state index in [0.717, 1.165) is 16.7 Å². The van der Waals surface area contributed by atoms with Crippen molar-refractivity contribution in [2.75, 3.05) is 26.3 Å². The summed E-state index contributed by atoms with van der Waals surface area (Å²) in [6.07, 6.45) is -0.996. The number of nitrogens with zero attached hydrogens (tertiary/aromatic N) is 1. The molecule has 0 N–H and O–H groups in total. The molecule has 1 amide bonds. The van der Waals surface area contributed by atoms with Crippen molar-refractivity contribution >= 4 is 11.9 Å². The predicted octanol–water partition coefficient (Wildman–Crippen LogP) is 4.10. The van der Waals surface area contributed by atoms with Crippen molar-refractivity contribution in [2.24, 2.45) is 0 Å². The van der Waals surface area contributed by atoms with Gasteiger partial charge < -0.3 is 14.4 Å². The second-order valence-corrected chi connectivity index (χ2v) is 7.55. The zero-order valence-corrected chi connectivity index (χ0v) is 16.5. The minimum atomic E-state index is -0.611. The lowest BCUT2D eigenvalue weighted by Crippen LogP contribution is -2.41. The van der Waals surface area contributed by atoms with Crippen LogP contribution in [0.5, 0.6) is 0 Å². The number of hydrogen-bond donors (Lipinski definition) is 0.